The second-order valence-electron chi connectivity index (χ2n) is 8.97. The van der Waals surface area contributed by atoms with Gasteiger partial charge in [0.2, 0.25) is 17.7 Å². The molecule has 1 aromatic carbocycles. The Bertz CT molecular complexity index is 1130. The van der Waals surface area contributed by atoms with Crippen molar-refractivity contribution in [2.24, 2.45) is 11.7 Å². The first kappa shape index (κ1) is 29.3. The van der Waals surface area contributed by atoms with E-state index < -0.39 is 66.9 Å². The van der Waals surface area contributed by atoms with Gasteiger partial charge in [-0.25, -0.2) is 4.79 Å². The minimum atomic E-state index is -1.46. The molecule has 0 aliphatic carbocycles. The van der Waals surface area contributed by atoms with Crippen molar-refractivity contribution in [3.63, 3.8) is 0 Å². The average molecular weight is 520 g/mol. The average Bonchev–Trinajstić information content (AvgIpc) is 3.26. The summed E-state index contributed by atoms with van der Waals surface area (Å²) in [6.45, 7) is 2.58. The Morgan fingerprint density at radius 2 is 1.51 bits per heavy atom. The molecule has 37 heavy (non-hydrogen) atoms. The van der Waals surface area contributed by atoms with Crippen LogP contribution in [0.3, 0.4) is 0 Å². The van der Waals surface area contributed by atoms with E-state index in [9.17, 15) is 34.2 Å². The number of aliphatic carboxylic acids is 2. The fourth-order valence-corrected chi connectivity index (χ4v) is 3.57. The van der Waals surface area contributed by atoms with Gasteiger partial charge in [0.25, 0.3) is 0 Å². The number of H-pyrrole nitrogens is 1. The summed E-state index contributed by atoms with van der Waals surface area (Å²) in [5, 5.41) is 36.1. The summed E-state index contributed by atoms with van der Waals surface area (Å²) in [7, 11) is 0. The maximum atomic E-state index is 13.0. The Hall–Kier alpha value is -3.97. The van der Waals surface area contributed by atoms with Crippen molar-refractivity contribution in [3.05, 3.63) is 36.0 Å². The lowest BCUT2D eigenvalue weighted by molar-refractivity contribution is -0.143. The number of fused-ring (bicyclic) bond motifs is 1. The molecule has 0 aliphatic rings. The highest BCUT2D eigenvalue weighted by atomic mass is 16.4. The molecule has 1 aromatic heterocycles. The van der Waals surface area contributed by atoms with Gasteiger partial charge in [0.1, 0.15) is 18.1 Å². The second kappa shape index (κ2) is 13.4. The molecule has 13 nitrogen and oxygen atoms in total. The predicted molar refractivity (Wildman–Crippen MR) is 132 cm³/mol. The molecule has 4 atom stereocenters. The lowest BCUT2D eigenvalue weighted by atomic mass is 10.0. The van der Waals surface area contributed by atoms with Gasteiger partial charge in [-0.2, -0.15) is 0 Å². The Morgan fingerprint density at radius 1 is 0.919 bits per heavy atom. The molecule has 0 fully saturated rings. The Balaban J connectivity index is 2.16. The van der Waals surface area contributed by atoms with Gasteiger partial charge in [0.15, 0.2) is 0 Å². The summed E-state index contributed by atoms with van der Waals surface area (Å²) in [5.41, 5.74) is 7.18. The number of para-hydroxylation sites is 1. The van der Waals surface area contributed by atoms with Gasteiger partial charge in [0.05, 0.1) is 12.6 Å². The number of nitrogens with one attached hydrogen (secondary N) is 4. The molecule has 0 saturated heterocycles. The van der Waals surface area contributed by atoms with Crippen molar-refractivity contribution in [1.29, 1.82) is 0 Å². The van der Waals surface area contributed by atoms with E-state index in [1.165, 1.54) is 0 Å². The van der Waals surface area contributed by atoms with Gasteiger partial charge in [-0.3, -0.25) is 19.2 Å². The maximum absolute atomic E-state index is 13.0. The Labute approximate surface area is 212 Å². The minimum absolute atomic E-state index is 0.0763. The maximum Gasteiger partial charge on any atom is 0.326 e. The van der Waals surface area contributed by atoms with E-state index in [1.54, 1.807) is 32.2 Å². The summed E-state index contributed by atoms with van der Waals surface area (Å²) in [5.74, 6) is -5.40. The van der Waals surface area contributed by atoms with Crippen molar-refractivity contribution in [2.45, 2.75) is 57.3 Å². The first-order valence-corrected chi connectivity index (χ1v) is 11.7. The van der Waals surface area contributed by atoms with Crippen LogP contribution >= 0.6 is 0 Å². The number of carbonyl (C=O) groups is 5. The van der Waals surface area contributed by atoms with Crippen LogP contribution in [0.15, 0.2) is 30.5 Å². The van der Waals surface area contributed by atoms with Crippen molar-refractivity contribution in [2.75, 3.05) is 6.61 Å². The van der Waals surface area contributed by atoms with E-state index in [0.717, 1.165) is 10.9 Å². The van der Waals surface area contributed by atoms with E-state index in [0.29, 0.717) is 5.56 Å². The van der Waals surface area contributed by atoms with E-state index in [2.05, 4.69) is 20.9 Å². The number of aromatic nitrogens is 1. The van der Waals surface area contributed by atoms with Gasteiger partial charge in [-0.15, -0.1) is 0 Å². The number of hydrogen-bond donors (Lipinski definition) is 8. The van der Waals surface area contributed by atoms with Crippen LogP contribution in [-0.4, -0.2) is 80.7 Å². The molecule has 2 rings (SSSR count). The molecular formula is C24H33N5O8. The molecule has 4 unspecified atom stereocenters. The molecule has 2 aromatic rings. The summed E-state index contributed by atoms with van der Waals surface area (Å²) < 4.78 is 0. The van der Waals surface area contributed by atoms with Crippen molar-refractivity contribution in [3.8, 4) is 0 Å². The summed E-state index contributed by atoms with van der Waals surface area (Å²) in [6.07, 6.45) is 0.691. The van der Waals surface area contributed by atoms with Crippen LogP contribution in [0.4, 0.5) is 0 Å². The third-order valence-corrected chi connectivity index (χ3v) is 5.83. The Morgan fingerprint density at radius 3 is 2.11 bits per heavy atom. The van der Waals surface area contributed by atoms with Gasteiger partial charge in [0, 0.05) is 29.9 Å². The number of aromatic amines is 1. The molecule has 13 heteroatoms. The molecule has 202 valence electrons. The third-order valence-electron chi connectivity index (χ3n) is 5.83. The highest BCUT2D eigenvalue weighted by molar-refractivity contribution is 5.94. The highest BCUT2D eigenvalue weighted by Crippen LogP contribution is 2.19. The number of aliphatic hydroxyl groups excluding tert-OH is 1. The normalized spacial score (nSPS) is 14.4. The monoisotopic (exact) mass is 519 g/mol. The smallest absolute Gasteiger partial charge is 0.326 e. The van der Waals surface area contributed by atoms with Crippen LogP contribution in [-0.2, 0) is 30.4 Å². The van der Waals surface area contributed by atoms with Gasteiger partial charge >= 0.3 is 11.9 Å². The molecular weight excluding hydrogens is 486 g/mol. The largest absolute Gasteiger partial charge is 0.481 e. The fourth-order valence-electron chi connectivity index (χ4n) is 3.57. The molecule has 0 aliphatic heterocycles. The Kier molecular flexibility index (Phi) is 10.6. The zero-order chi connectivity index (χ0) is 27.7. The van der Waals surface area contributed by atoms with E-state index in [1.807, 2.05) is 12.1 Å². The number of rotatable bonds is 14. The second-order valence-corrected chi connectivity index (χ2v) is 8.97. The van der Waals surface area contributed by atoms with E-state index >= 15 is 0 Å². The standard InChI is InChI=1S/C24H33N5O8/c1-12(2)20(25)23(35)29-18(11-30)22(34)27-16(7-8-19(31)32)21(33)28-17(24(36)37)9-13-10-26-15-6-4-3-5-14(13)15/h3-6,10,12,16-18,20,26,30H,7-9,11,25H2,1-2H3,(H,27,34)(H,28,33)(H,29,35)(H,31,32)(H,36,37). The van der Waals surface area contributed by atoms with Gasteiger partial charge in [-0.1, -0.05) is 32.0 Å². The number of benzene rings is 1. The minimum Gasteiger partial charge on any atom is -0.481 e. The molecule has 3 amide bonds. The van der Waals surface area contributed by atoms with Crippen LogP contribution < -0.4 is 21.7 Å². The quantitative estimate of drug-likeness (QED) is 0.154. The molecule has 0 radical (unpaired) electrons. The van der Waals surface area contributed by atoms with Crippen LogP contribution in [0.5, 0.6) is 0 Å². The first-order chi connectivity index (χ1) is 17.4. The van der Waals surface area contributed by atoms with E-state index in [4.69, 9.17) is 10.8 Å². The van der Waals surface area contributed by atoms with Gasteiger partial charge in [-0.05, 0) is 24.0 Å². The molecule has 1 heterocycles. The number of amides is 3. The highest BCUT2D eigenvalue weighted by Gasteiger charge is 2.31. The zero-order valence-corrected chi connectivity index (χ0v) is 20.6. The fraction of sp³-hybridized carbons (Fsp3) is 0.458. The van der Waals surface area contributed by atoms with Crippen molar-refractivity contribution < 1.29 is 39.3 Å². The molecule has 0 bridgehead atoms. The molecule has 0 spiro atoms. The van der Waals surface area contributed by atoms with Crippen LogP contribution in [0.25, 0.3) is 10.9 Å². The number of carboxylic acid groups (broad SMARTS) is 2. The van der Waals surface area contributed by atoms with Gasteiger partial charge < -0.3 is 42.0 Å². The zero-order valence-electron chi connectivity index (χ0n) is 20.6. The first-order valence-electron chi connectivity index (χ1n) is 11.7. The lowest BCUT2D eigenvalue weighted by Gasteiger charge is -2.24. The molecule has 0 saturated carbocycles. The SMILES string of the molecule is CC(C)C(N)C(=O)NC(CO)C(=O)NC(CCC(=O)O)C(=O)NC(Cc1c[nH]c2ccccc12)C(=O)O. The topological polar surface area (TPSA) is 224 Å². The summed E-state index contributed by atoms with van der Waals surface area (Å²) >= 11 is 0. The summed E-state index contributed by atoms with van der Waals surface area (Å²) in [6, 6.07) is 1.98. The summed E-state index contributed by atoms with van der Waals surface area (Å²) in [4.78, 5) is 63.9. The van der Waals surface area contributed by atoms with Crippen LogP contribution in [0.2, 0.25) is 0 Å². The molecule has 9 N–H and O–H groups in total. The number of carbonyl (C=O) groups excluding carboxylic acids is 3. The number of nitrogens with two attached hydrogens (primary N) is 1. The number of carboxylic acids is 2. The third kappa shape index (κ3) is 8.29. The predicted octanol–water partition coefficient (Wildman–Crippen LogP) is -0.910. The van der Waals surface area contributed by atoms with Crippen LogP contribution in [0.1, 0.15) is 32.3 Å². The van der Waals surface area contributed by atoms with Crippen LogP contribution in [0, 0.1) is 5.92 Å². The van der Waals surface area contributed by atoms with Crippen molar-refractivity contribution in [1.82, 2.24) is 20.9 Å². The van der Waals surface area contributed by atoms with E-state index in [-0.39, 0.29) is 18.8 Å². The number of aliphatic hydroxyl groups is 1. The number of hydrogen-bond acceptors (Lipinski definition) is 7. The lowest BCUT2D eigenvalue weighted by Crippen LogP contribution is -2.58. The van der Waals surface area contributed by atoms with Crippen molar-refractivity contribution >= 4 is 40.6 Å².